The number of aromatic nitrogens is 4. The monoisotopic (exact) mass is 980 g/mol. The summed E-state index contributed by atoms with van der Waals surface area (Å²) in [6, 6.07) is 38.9. The fraction of sp³-hybridized carbons (Fsp3) is 0.172. The molecule has 16 nitrogen and oxygen atoms in total. The average molecular weight is 981 g/mol. The molecule has 368 valence electrons. The van der Waals surface area contributed by atoms with Crippen molar-refractivity contribution in [1.82, 2.24) is 40.4 Å². The van der Waals surface area contributed by atoms with Crippen LogP contribution in [0, 0.1) is 0 Å². The quantitative estimate of drug-likeness (QED) is 0.0738. The van der Waals surface area contributed by atoms with Crippen LogP contribution in [0.15, 0.2) is 121 Å². The summed E-state index contributed by atoms with van der Waals surface area (Å²) in [5.41, 5.74) is 13.5. The van der Waals surface area contributed by atoms with Crippen LogP contribution in [0.3, 0.4) is 0 Å². The van der Waals surface area contributed by atoms with Gasteiger partial charge in [-0.25, -0.2) is 9.97 Å². The van der Waals surface area contributed by atoms with E-state index in [2.05, 4.69) is 46.8 Å². The maximum Gasteiger partial charge on any atom is 0.238 e. The number of fused-ring (bicyclic) bond motifs is 15. The van der Waals surface area contributed by atoms with Crippen LogP contribution in [0.1, 0.15) is 22.8 Å². The molecule has 8 N–H and O–H groups in total. The smallest absolute Gasteiger partial charge is 0.238 e. The third kappa shape index (κ3) is 9.29. The highest BCUT2D eigenvalue weighted by atomic mass is 16.2. The number of nitrogens with zero attached hydrogens (tertiary/aromatic N) is 4. The minimum atomic E-state index is -0.299. The molecule has 9 heterocycles. The van der Waals surface area contributed by atoms with Crippen molar-refractivity contribution < 1.29 is 19.2 Å². The van der Waals surface area contributed by atoms with E-state index in [1.54, 1.807) is 0 Å². The SMILES string of the molecule is O=C1CNCCN2CCNCC(=O)Nc3ccccc3-c3c4nc(c5c6ccc([nH]6)c(c6nc(c(c7ccc3[nH]7)-c3ccccc3N1)C=C6)-c1ccccc1NC(=O)CN(CC2)CC(=O)Nc1ccccc1-5)C=C4. The number of aromatic amines is 2. The molecule has 0 fully saturated rings. The zero-order valence-corrected chi connectivity index (χ0v) is 40.3. The fourth-order valence-corrected chi connectivity index (χ4v) is 10.5. The van der Waals surface area contributed by atoms with E-state index >= 15 is 0 Å². The van der Waals surface area contributed by atoms with E-state index in [9.17, 15) is 19.2 Å². The molecule has 14 bridgehead atoms. The van der Waals surface area contributed by atoms with Crippen LogP contribution in [0.4, 0.5) is 22.7 Å². The Labute approximate surface area is 426 Å². The van der Waals surface area contributed by atoms with Crippen LogP contribution in [0.5, 0.6) is 0 Å². The van der Waals surface area contributed by atoms with Gasteiger partial charge in [-0.3, -0.25) is 29.0 Å². The van der Waals surface area contributed by atoms with E-state index in [0.717, 1.165) is 44.5 Å². The van der Waals surface area contributed by atoms with Gasteiger partial charge < -0.3 is 41.9 Å². The summed E-state index contributed by atoms with van der Waals surface area (Å²) in [6.45, 7) is 2.68. The normalized spacial score (nSPS) is 18.1. The second-order valence-corrected chi connectivity index (χ2v) is 18.8. The number of rotatable bonds is 0. The topological polar surface area (TPSA) is 204 Å². The van der Waals surface area contributed by atoms with Crippen LogP contribution < -0.4 is 31.9 Å². The summed E-state index contributed by atoms with van der Waals surface area (Å²) in [4.78, 5) is 79.5. The van der Waals surface area contributed by atoms with Crippen LogP contribution in [0.25, 0.3) is 90.9 Å². The zero-order chi connectivity index (χ0) is 50.1. The second kappa shape index (κ2) is 20.0. The number of benzene rings is 4. The summed E-state index contributed by atoms with van der Waals surface area (Å²) >= 11 is 0. The Morgan fingerprint density at radius 2 is 0.662 bits per heavy atom. The summed E-state index contributed by atoms with van der Waals surface area (Å²) in [5.74, 6) is -1.04. The lowest BCUT2D eigenvalue weighted by molar-refractivity contribution is -0.120. The highest BCUT2D eigenvalue weighted by Crippen LogP contribution is 2.43. The number of carbonyl (C=O) groups excluding carboxylic acids is 4. The molecule has 0 spiro atoms. The van der Waals surface area contributed by atoms with E-state index in [0.29, 0.717) is 107 Å². The zero-order valence-electron chi connectivity index (χ0n) is 40.3. The molecule has 13 rings (SSSR count). The predicted molar refractivity (Wildman–Crippen MR) is 294 cm³/mol. The average Bonchev–Trinajstić information content (AvgIpc) is 4.25. The van der Waals surface area contributed by atoms with Crippen molar-refractivity contribution in [3.05, 3.63) is 144 Å². The van der Waals surface area contributed by atoms with Crippen LogP contribution >= 0.6 is 0 Å². The molecule has 0 radical (unpaired) electrons. The Kier molecular flexibility index (Phi) is 12.5. The molecule has 4 aromatic carbocycles. The van der Waals surface area contributed by atoms with Crippen molar-refractivity contribution in [2.45, 2.75) is 0 Å². The Hall–Kier alpha value is -8.80. The molecule has 0 aliphatic carbocycles. The number of hydrogen-bond acceptors (Lipinski definition) is 10. The molecule has 6 aliphatic rings. The van der Waals surface area contributed by atoms with Gasteiger partial charge in [-0.2, -0.15) is 0 Å². The molecule has 6 aliphatic heterocycles. The Balaban J connectivity index is 1.26. The van der Waals surface area contributed by atoms with Crippen molar-refractivity contribution in [2.75, 3.05) is 86.7 Å². The van der Waals surface area contributed by atoms with E-state index in [4.69, 9.17) is 9.97 Å². The van der Waals surface area contributed by atoms with Crippen molar-refractivity contribution in [2.24, 2.45) is 0 Å². The molecule has 0 unspecified atom stereocenters. The van der Waals surface area contributed by atoms with Gasteiger partial charge in [0.2, 0.25) is 23.6 Å². The first-order valence-electron chi connectivity index (χ1n) is 24.9. The third-order valence-corrected chi connectivity index (χ3v) is 13.9. The van der Waals surface area contributed by atoms with Gasteiger partial charge in [0, 0.05) is 129 Å². The largest absolute Gasteiger partial charge is 0.354 e. The Bertz CT molecular complexity index is 3440. The molecular weight excluding hydrogens is 929 g/mol. The molecule has 16 heteroatoms. The highest BCUT2D eigenvalue weighted by molar-refractivity contribution is 6.08. The van der Waals surface area contributed by atoms with E-state index in [1.807, 2.05) is 151 Å². The van der Waals surface area contributed by atoms with Gasteiger partial charge in [-0.1, -0.05) is 72.8 Å². The van der Waals surface area contributed by atoms with Crippen LogP contribution in [-0.2, 0) is 19.2 Å². The van der Waals surface area contributed by atoms with Crippen LogP contribution in [-0.4, -0.2) is 119 Å². The van der Waals surface area contributed by atoms with E-state index in [1.165, 1.54) is 0 Å². The van der Waals surface area contributed by atoms with Crippen molar-refractivity contribution in [3.63, 3.8) is 0 Å². The fourth-order valence-electron chi connectivity index (χ4n) is 10.5. The number of para-hydroxylation sites is 4. The van der Waals surface area contributed by atoms with Crippen molar-refractivity contribution >= 4 is 92.7 Å². The lowest BCUT2D eigenvalue weighted by Gasteiger charge is -2.28. The predicted octanol–water partition coefficient (Wildman–Crippen LogP) is 7.90. The molecule has 3 aromatic heterocycles. The van der Waals surface area contributed by atoms with E-state index in [-0.39, 0.29) is 49.8 Å². The molecule has 74 heavy (non-hydrogen) atoms. The Morgan fingerprint density at radius 1 is 0.351 bits per heavy atom. The number of nitrogens with one attached hydrogen (secondary N) is 8. The van der Waals surface area contributed by atoms with Gasteiger partial charge in [-0.15, -0.1) is 0 Å². The highest BCUT2D eigenvalue weighted by Gasteiger charge is 2.25. The summed E-state index contributed by atoms with van der Waals surface area (Å²) in [6.07, 6.45) is 7.93. The van der Waals surface area contributed by atoms with Crippen molar-refractivity contribution in [3.8, 4) is 44.5 Å². The molecular formula is C58H52N12O4. The molecule has 4 amide bonds. The maximum absolute atomic E-state index is 14.5. The first-order valence-corrected chi connectivity index (χ1v) is 24.9. The number of amides is 4. The number of hydrogen-bond donors (Lipinski definition) is 8. The first-order chi connectivity index (χ1) is 36.3. The lowest BCUT2D eigenvalue weighted by Crippen LogP contribution is -2.46. The number of carbonyl (C=O) groups is 4. The maximum atomic E-state index is 14.5. The van der Waals surface area contributed by atoms with Gasteiger partial charge in [-0.05, 0) is 72.8 Å². The van der Waals surface area contributed by atoms with Crippen molar-refractivity contribution in [1.29, 1.82) is 0 Å². The molecule has 0 saturated carbocycles. The van der Waals surface area contributed by atoms with Crippen LogP contribution in [0.2, 0.25) is 0 Å². The van der Waals surface area contributed by atoms with Gasteiger partial charge in [0.25, 0.3) is 0 Å². The van der Waals surface area contributed by atoms with Gasteiger partial charge in [0.1, 0.15) is 0 Å². The Morgan fingerprint density at radius 3 is 1.01 bits per heavy atom. The van der Waals surface area contributed by atoms with Gasteiger partial charge in [0.15, 0.2) is 0 Å². The molecule has 0 atom stereocenters. The minimum Gasteiger partial charge on any atom is -0.354 e. The summed E-state index contributed by atoms with van der Waals surface area (Å²) < 4.78 is 0. The molecule has 7 aromatic rings. The number of anilines is 4. The standard InChI is InChI=1S/C58H52N12O4/c71-51-31-59-25-27-69-28-26-60-32-52(72)66-40-14-6-2-10-36(40)56-44-18-17-43(61-44)55(35-9-1-5-13-39(35)65-51)45-19-21-47(62-45)57-37-11-3-7-15-41(37)67-53(73)33-70(30-29-69)34-54(74)68-42-16-8-4-12-38(42)58(48-22-20-46(56)63-48)50-24-23-49(57)64-50/h1-24,59-61,64H,25-34H2,(H,65,71)(H,66,72)(H,67,73)(H,68,74). The third-order valence-electron chi connectivity index (χ3n) is 13.9. The molecule has 0 saturated heterocycles. The van der Waals surface area contributed by atoms with Gasteiger partial charge in [0.05, 0.1) is 49.0 Å². The summed E-state index contributed by atoms with van der Waals surface area (Å²) in [7, 11) is 0. The van der Waals surface area contributed by atoms with Gasteiger partial charge >= 0.3 is 0 Å². The lowest BCUT2D eigenvalue weighted by atomic mass is 10.0. The second-order valence-electron chi connectivity index (χ2n) is 18.8. The number of H-pyrrole nitrogens is 2. The summed E-state index contributed by atoms with van der Waals surface area (Å²) in [5, 5.41) is 19.6. The minimum absolute atomic E-state index is 0.0384. The first kappa shape index (κ1) is 46.3. The van der Waals surface area contributed by atoms with E-state index < -0.39 is 0 Å².